The molecule has 0 saturated carbocycles. The van der Waals surface area contributed by atoms with Crippen molar-refractivity contribution in [3.8, 4) is 0 Å². The third-order valence-corrected chi connectivity index (χ3v) is 5.40. The monoisotopic (exact) mass is 391 g/mol. The molecule has 1 aromatic carbocycles. The topological polar surface area (TPSA) is 117 Å². The predicted octanol–water partition coefficient (Wildman–Crippen LogP) is 0.638. The van der Waals surface area contributed by atoms with Crippen molar-refractivity contribution < 1.29 is 29.1 Å². The van der Waals surface area contributed by atoms with Gasteiger partial charge in [-0.15, -0.1) is 0 Å². The molecule has 9 heteroatoms. The highest BCUT2D eigenvalue weighted by Gasteiger charge is 2.43. The number of hydroxylamine groups is 1. The number of ether oxygens (including phenoxy) is 2. The summed E-state index contributed by atoms with van der Waals surface area (Å²) in [7, 11) is 1.19. The number of amides is 2. The van der Waals surface area contributed by atoms with E-state index in [4.69, 9.17) is 9.94 Å². The third kappa shape index (κ3) is 4.42. The van der Waals surface area contributed by atoms with Crippen LogP contribution in [-0.2, 0) is 19.1 Å². The van der Waals surface area contributed by atoms with Gasteiger partial charge in [-0.3, -0.25) is 14.8 Å². The van der Waals surface area contributed by atoms with Gasteiger partial charge in [0.2, 0.25) is 11.8 Å². The van der Waals surface area contributed by atoms with Crippen LogP contribution in [0.25, 0.3) is 0 Å². The number of hydrogen-bond donors (Lipinski definition) is 3. The van der Waals surface area contributed by atoms with Gasteiger partial charge in [0.15, 0.2) is 0 Å². The molecule has 1 aromatic rings. The number of carbonyl (C=O) groups excluding carboxylic acids is 3. The predicted molar refractivity (Wildman–Crippen MR) is 97.5 cm³/mol. The van der Waals surface area contributed by atoms with E-state index in [0.29, 0.717) is 13.1 Å². The molecule has 152 valence electrons. The van der Waals surface area contributed by atoms with E-state index >= 15 is 0 Å². The van der Waals surface area contributed by atoms with Crippen molar-refractivity contribution in [1.29, 1.82) is 0 Å². The molecule has 0 spiro atoms. The third-order valence-electron chi connectivity index (χ3n) is 5.40. The Bertz CT molecular complexity index is 713. The Morgan fingerprint density at radius 2 is 2.00 bits per heavy atom. The Morgan fingerprint density at radius 3 is 2.68 bits per heavy atom. The minimum absolute atomic E-state index is 0.112. The molecule has 2 saturated heterocycles. The van der Waals surface area contributed by atoms with Crippen molar-refractivity contribution in [1.82, 2.24) is 15.7 Å². The summed E-state index contributed by atoms with van der Waals surface area (Å²) >= 11 is 0. The molecule has 0 aromatic heterocycles. The van der Waals surface area contributed by atoms with Crippen molar-refractivity contribution in [2.24, 2.45) is 5.92 Å². The molecule has 3 rings (SSSR count). The second-order valence-corrected chi connectivity index (χ2v) is 7.08. The number of nitrogens with zero attached hydrogens (tertiary/aromatic N) is 1. The van der Waals surface area contributed by atoms with E-state index in [2.05, 4.69) is 10.1 Å². The van der Waals surface area contributed by atoms with Crippen LogP contribution in [0.5, 0.6) is 0 Å². The summed E-state index contributed by atoms with van der Waals surface area (Å²) in [6.45, 7) is 1.40. The van der Waals surface area contributed by atoms with Crippen LogP contribution in [0.4, 0.5) is 4.79 Å². The lowest BCUT2D eigenvalue weighted by atomic mass is 9.87. The number of carbonyl (C=O) groups is 3. The number of piperidine rings is 1. The molecule has 2 heterocycles. The Kier molecular flexibility index (Phi) is 6.48. The molecular formula is C19H25N3O6. The lowest BCUT2D eigenvalue weighted by molar-refractivity contribution is -0.145. The van der Waals surface area contributed by atoms with E-state index in [-0.39, 0.29) is 24.8 Å². The lowest BCUT2D eigenvalue weighted by Gasteiger charge is -2.36. The first-order valence-corrected chi connectivity index (χ1v) is 9.29. The summed E-state index contributed by atoms with van der Waals surface area (Å²) in [5.74, 6) is -1.49. The van der Waals surface area contributed by atoms with Crippen LogP contribution in [0.1, 0.15) is 24.3 Å². The normalized spacial score (nSPS) is 27.1. The van der Waals surface area contributed by atoms with Crippen LogP contribution < -0.4 is 10.8 Å². The summed E-state index contributed by atoms with van der Waals surface area (Å²) in [5.41, 5.74) is 2.80. The number of benzene rings is 1. The van der Waals surface area contributed by atoms with Crippen LogP contribution in [0.2, 0.25) is 0 Å². The van der Waals surface area contributed by atoms with Crippen molar-refractivity contribution >= 4 is 18.0 Å². The van der Waals surface area contributed by atoms with E-state index in [0.717, 1.165) is 6.42 Å². The smallest absolute Gasteiger partial charge is 0.438 e. The summed E-state index contributed by atoms with van der Waals surface area (Å²) in [4.78, 5) is 38.3. The first kappa shape index (κ1) is 20.1. The minimum atomic E-state index is -0.864. The lowest BCUT2D eigenvalue weighted by Crippen LogP contribution is -2.59. The van der Waals surface area contributed by atoms with Gasteiger partial charge in [0.25, 0.3) is 0 Å². The maximum Gasteiger partial charge on any atom is 0.508 e. The zero-order chi connectivity index (χ0) is 20.1. The van der Waals surface area contributed by atoms with E-state index in [1.807, 2.05) is 30.3 Å². The van der Waals surface area contributed by atoms with Crippen LogP contribution in [-0.4, -0.2) is 67.0 Å². The van der Waals surface area contributed by atoms with Crippen LogP contribution in [0.15, 0.2) is 30.3 Å². The largest absolute Gasteiger partial charge is 0.508 e. The summed E-state index contributed by atoms with van der Waals surface area (Å²) in [5, 5.41) is 12.1. The van der Waals surface area contributed by atoms with Gasteiger partial charge in [-0.2, -0.15) is 0 Å². The van der Waals surface area contributed by atoms with Crippen molar-refractivity contribution in [3.05, 3.63) is 35.9 Å². The zero-order valence-corrected chi connectivity index (χ0v) is 15.7. The molecule has 3 N–H and O–H groups in total. The zero-order valence-electron chi connectivity index (χ0n) is 15.7. The summed E-state index contributed by atoms with van der Waals surface area (Å²) < 4.78 is 9.55. The maximum atomic E-state index is 13.1. The van der Waals surface area contributed by atoms with Gasteiger partial charge in [0, 0.05) is 25.6 Å². The number of nitrogens with one attached hydrogen (secondary N) is 2. The Balaban J connectivity index is 1.66. The van der Waals surface area contributed by atoms with Crippen LogP contribution in [0.3, 0.4) is 0 Å². The van der Waals surface area contributed by atoms with E-state index < -0.39 is 30.1 Å². The fourth-order valence-corrected chi connectivity index (χ4v) is 3.93. The fourth-order valence-electron chi connectivity index (χ4n) is 3.93. The van der Waals surface area contributed by atoms with Gasteiger partial charge < -0.3 is 19.7 Å². The maximum absolute atomic E-state index is 13.1. The molecule has 0 aliphatic carbocycles. The number of rotatable bonds is 4. The second kappa shape index (κ2) is 9.03. The first-order chi connectivity index (χ1) is 13.5. The highest BCUT2D eigenvalue weighted by Crippen LogP contribution is 2.29. The van der Waals surface area contributed by atoms with Gasteiger partial charge in [0.05, 0.1) is 19.1 Å². The van der Waals surface area contributed by atoms with Gasteiger partial charge in [-0.25, -0.2) is 10.3 Å². The Morgan fingerprint density at radius 1 is 1.25 bits per heavy atom. The summed E-state index contributed by atoms with van der Waals surface area (Å²) in [6.07, 6.45) is -0.520. The fraction of sp³-hybridized carbons (Fsp3) is 0.526. The van der Waals surface area contributed by atoms with E-state index in [1.165, 1.54) is 12.7 Å². The van der Waals surface area contributed by atoms with Crippen molar-refractivity contribution in [3.63, 3.8) is 0 Å². The van der Waals surface area contributed by atoms with Gasteiger partial charge in [0.1, 0.15) is 6.10 Å². The molecule has 0 bridgehead atoms. The average Bonchev–Trinajstić information content (AvgIpc) is 3.23. The van der Waals surface area contributed by atoms with Gasteiger partial charge in [-0.1, -0.05) is 30.3 Å². The molecule has 28 heavy (non-hydrogen) atoms. The van der Waals surface area contributed by atoms with E-state index in [9.17, 15) is 14.4 Å². The minimum Gasteiger partial charge on any atom is -0.438 e. The molecule has 2 aliphatic rings. The number of likely N-dealkylation sites (tertiary alicyclic amines) is 1. The quantitative estimate of drug-likeness (QED) is 0.392. The van der Waals surface area contributed by atoms with Crippen LogP contribution in [0, 0.1) is 5.92 Å². The molecule has 0 radical (unpaired) electrons. The van der Waals surface area contributed by atoms with Crippen molar-refractivity contribution in [2.75, 3.05) is 26.7 Å². The average molecular weight is 391 g/mol. The number of methoxy groups -OCH3 is 1. The molecule has 0 unspecified atom stereocenters. The highest BCUT2D eigenvalue weighted by atomic mass is 16.7. The highest BCUT2D eigenvalue weighted by molar-refractivity contribution is 5.90. The standard InChI is InChI=1S/C19H25N3O6/c1-27-19(25)28-14-9-15(17(23)21-26)16(20-10-14)18(24)22-8-7-13(11-22)12-5-3-2-4-6-12/h2-6,13-16,20,26H,7-11H2,1H3,(H,21,23)/t13-,14+,15-,16-/m0/s1. The molecular weight excluding hydrogens is 366 g/mol. The molecule has 4 atom stereocenters. The molecule has 2 aliphatic heterocycles. The molecule has 2 amide bonds. The molecule has 9 nitrogen and oxygen atoms in total. The van der Waals surface area contributed by atoms with Crippen LogP contribution >= 0.6 is 0 Å². The first-order valence-electron chi connectivity index (χ1n) is 9.29. The Labute approximate surface area is 162 Å². The van der Waals surface area contributed by atoms with Gasteiger partial charge in [-0.05, 0) is 18.4 Å². The summed E-state index contributed by atoms with van der Waals surface area (Å²) in [6, 6.07) is 9.22. The number of hydrogen-bond acceptors (Lipinski definition) is 7. The Hall–Kier alpha value is -2.65. The second-order valence-electron chi connectivity index (χ2n) is 7.08. The van der Waals surface area contributed by atoms with E-state index in [1.54, 1.807) is 10.4 Å². The SMILES string of the molecule is COC(=O)O[C@H]1CN[C@H](C(=O)N2CC[C@H](c3ccccc3)C2)[C@@H](C(=O)NO)C1. The van der Waals surface area contributed by atoms with Gasteiger partial charge >= 0.3 is 6.16 Å². The molecule has 2 fully saturated rings. The van der Waals surface area contributed by atoms with Crippen molar-refractivity contribution in [2.45, 2.75) is 30.9 Å².